The van der Waals surface area contributed by atoms with Crippen molar-refractivity contribution < 1.29 is 52.3 Å². The fraction of sp³-hybridized carbons (Fsp3) is 0.833. The first kappa shape index (κ1) is 59.1. The molecular formula is C42H78N2O12S4. The second-order valence-corrected chi connectivity index (χ2v) is 19.2. The Kier molecular flexibility index (Phi) is 41.5. The number of hydrogen-bond acceptors (Lipinski definition) is 16. The van der Waals surface area contributed by atoms with Gasteiger partial charge in [0, 0.05) is 125 Å². The first-order valence-electron chi connectivity index (χ1n) is 20.9. The van der Waals surface area contributed by atoms with Crippen LogP contribution in [0.2, 0.25) is 0 Å². The Morgan fingerprint density at radius 1 is 0.783 bits per heavy atom. The van der Waals surface area contributed by atoms with Gasteiger partial charge in [-0.1, -0.05) is 74.9 Å². The van der Waals surface area contributed by atoms with Crippen molar-refractivity contribution in [1.82, 2.24) is 5.32 Å². The number of ether oxygens (including phenoxy) is 9. The van der Waals surface area contributed by atoms with Gasteiger partial charge in [0.1, 0.15) is 6.10 Å². The highest BCUT2D eigenvalue weighted by Crippen LogP contribution is 2.32. The van der Waals surface area contributed by atoms with Gasteiger partial charge in [-0.3, -0.25) is 14.9 Å². The minimum Gasteiger partial charge on any atom is -0.385 e. The van der Waals surface area contributed by atoms with Crippen LogP contribution in [0.3, 0.4) is 0 Å². The predicted molar refractivity (Wildman–Crippen MR) is 251 cm³/mol. The number of methoxy groups -OCH3 is 8. The molecule has 1 aromatic carbocycles. The molecule has 3 rings (SSSR count). The lowest BCUT2D eigenvalue weighted by Crippen LogP contribution is -2.36. The number of benzene rings is 1. The number of nitro groups is 1. The van der Waals surface area contributed by atoms with Crippen molar-refractivity contribution in [3.8, 4) is 0 Å². The van der Waals surface area contributed by atoms with Crippen molar-refractivity contribution >= 4 is 54.8 Å². The van der Waals surface area contributed by atoms with Gasteiger partial charge in [0.05, 0.1) is 41.5 Å². The summed E-state index contributed by atoms with van der Waals surface area (Å²) in [5.41, 5.74) is 1.31. The van der Waals surface area contributed by atoms with Crippen LogP contribution in [0.25, 0.3) is 0 Å². The van der Waals surface area contributed by atoms with E-state index in [1.165, 1.54) is 76.0 Å². The first-order valence-corrected chi connectivity index (χ1v) is 25.9. The molecule has 1 N–H and O–H groups in total. The van der Waals surface area contributed by atoms with E-state index in [4.69, 9.17) is 42.6 Å². The van der Waals surface area contributed by atoms with Crippen molar-refractivity contribution in [3.63, 3.8) is 0 Å². The number of carbonyl (C=O) groups is 1. The molecule has 18 heteroatoms. The van der Waals surface area contributed by atoms with Crippen molar-refractivity contribution in [2.45, 2.75) is 115 Å². The summed E-state index contributed by atoms with van der Waals surface area (Å²) in [6.07, 6.45) is 13.1. The molecule has 2 aliphatic rings. The van der Waals surface area contributed by atoms with Gasteiger partial charge < -0.3 is 47.9 Å². The molecule has 2 aliphatic heterocycles. The highest BCUT2D eigenvalue weighted by molar-refractivity contribution is 8.77. The van der Waals surface area contributed by atoms with Crippen LogP contribution < -0.4 is 5.32 Å². The summed E-state index contributed by atoms with van der Waals surface area (Å²) in [5, 5.41) is 13.8. The van der Waals surface area contributed by atoms with Gasteiger partial charge in [-0.05, 0) is 57.1 Å². The zero-order valence-corrected chi connectivity index (χ0v) is 41.2. The second kappa shape index (κ2) is 42.1. The Labute approximate surface area is 377 Å². The summed E-state index contributed by atoms with van der Waals surface area (Å²) in [6.45, 7) is 5.89. The summed E-state index contributed by atoms with van der Waals surface area (Å²) in [7, 11) is 21.3. The summed E-state index contributed by atoms with van der Waals surface area (Å²) >= 11 is 0. The lowest BCUT2D eigenvalue weighted by molar-refractivity contribution is -0.386. The van der Waals surface area contributed by atoms with Crippen LogP contribution in [-0.2, 0) is 54.0 Å². The molecule has 5 atom stereocenters. The highest BCUT2D eigenvalue weighted by atomic mass is 33.1. The smallest absolute Gasteiger partial charge is 0.275 e. The molecule has 2 fully saturated rings. The zero-order chi connectivity index (χ0) is 44.6. The van der Waals surface area contributed by atoms with E-state index in [-0.39, 0.29) is 36.0 Å². The number of carbonyl (C=O) groups excluding carboxylic acids is 1. The van der Waals surface area contributed by atoms with Gasteiger partial charge in [0.25, 0.3) is 5.69 Å². The summed E-state index contributed by atoms with van der Waals surface area (Å²) in [4.78, 5) is 22.2. The number of nitro benzene ring substituents is 1. The number of rotatable bonds is 29. The zero-order valence-electron chi connectivity index (χ0n) is 37.9. The maximum atomic E-state index is 11.6. The molecule has 0 bridgehead atoms. The SMILES string of the molecule is COC1CSSCC1OC.COCCCC(=O)NCc1ccc([N+](=O)[O-])c(C(C)OC)c1.COCCCCCCSSCCCCCCOC.COC[C@H]1OCCC1OC. The average Bonchev–Trinajstić information content (AvgIpc) is 3.73. The minimum absolute atomic E-state index is 0.0181. The van der Waals surface area contributed by atoms with E-state index in [0.29, 0.717) is 38.2 Å². The van der Waals surface area contributed by atoms with Crippen LogP contribution in [0.4, 0.5) is 5.69 Å². The van der Waals surface area contributed by atoms with Crippen LogP contribution in [-0.4, -0.2) is 148 Å². The Hall–Kier alpha value is -0.870. The van der Waals surface area contributed by atoms with E-state index in [1.54, 1.807) is 68.8 Å². The molecule has 352 valence electrons. The maximum absolute atomic E-state index is 11.6. The average molecular weight is 931 g/mol. The third kappa shape index (κ3) is 30.3. The van der Waals surface area contributed by atoms with Gasteiger partial charge >= 0.3 is 0 Å². The van der Waals surface area contributed by atoms with Gasteiger partial charge in [0.15, 0.2) is 0 Å². The molecule has 14 nitrogen and oxygen atoms in total. The lowest BCUT2D eigenvalue weighted by atomic mass is 10.0. The maximum Gasteiger partial charge on any atom is 0.275 e. The summed E-state index contributed by atoms with van der Waals surface area (Å²) < 4.78 is 46.1. The summed E-state index contributed by atoms with van der Waals surface area (Å²) in [6, 6.07) is 4.78. The molecule has 60 heavy (non-hydrogen) atoms. The Morgan fingerprint density at radius 2 is 1.32 bits per heavy atom. The standard InChI is InChI=1S/C15H22N2O5.C14H30O2S2.C7H14O3.C6H12O2S2/c1-11(22-3)13-9-12(6-7-14(13)17(19)20)10-16-15(18)5-4-8-21-2;1-15-11-7-3-5-9-13-17-18-14-10-6-4-8-12-16-2;1-8-5-7-6(9-2)3-4-10-7;1-7-5-3-9-10-4-6(5)8-2/h6-7,9,11H,4-5,8,10H2,1-3H3,(H,16,18);3-14H2,1-2H3;6-7H,3-5H2,1-2H3;5-6H,3-4H2,1-2H3/t;;6?,7-;/m..1./s1. The molecule has 0 radical (unpaired) electrons. The number of hydrogen-bond donors (Lipinski definition) is 1. The van der Waals surface area contributed by atoms with E-state index >= 15 is 0 Å². The van der Waals surface area contributed by atoms with Crippen LogP contribution >= 0.6 is 43.2 Å². The molecule has 0 aliphatic carbocycles. The van der Waals surface area contributed by atoms with E-state index in [0.717, 1.165) is 43.3 Å². The van der Waals surface area contributed by atoms with Crippen LogP contribution in [0, 0.1) is 10.1 Å². The van der Waals surface area contributed by atoms with Crippen LogP contribution in [0.1, 0.15) is 94.8 Å². The van der Waals surface area contributed by atoms with E-state index in [2.05, 4.69) is 5.32 Å². The van der Waals surface area contributed by atoms with Crippen LogP contribution in [0.5, 0.6) is 0 Å². The molecule has 0 spiro atoms. The topological polar surface area (TPSA) is 155 Å². The predicted octanol–water partition coefficient (Wildman–Crippen LogP) is 8.97. The molecular weight excluding hydrogens is 853 g/mol. The Bertz CT molecular complexity index is 1140. The highest BCUT2D eigenvalue weighted by Gasteiger charge is 2.28. The minimum atomic E-state index is -0.433. The van der Waals surface area contributed by atoms with Crippen LogP contribution in [0.15, 0.2) is 18.2 Å². The quantitative estimate of drug-likeness (QED) is 0.0351. The third-order valence-corrected chi connectivity index (χ3v) is 14.4. The normalized spacial score (nSPS) is 18.9. The lowest BCUT2D eigenvalue weighted by Gasteiger charge is -2.27. The number of unbranched alkanes of at least 4 members (excludes halogenated alkanes) is 6. The van der Waals surface area contributed by atoms with E-state index in [9.17, 15) is 14.9 Å². The second-order valence-electron chi connectivity index (χ2n) is 13.9. The largest absolute Gasteiger partial charge is 0.385 e. The van der Waals surface area contributed by atoms with Crippen molar-refractivity contribution in [2.24, 2.45) is 0 Å². The van der Waals surface area contributed by atoms with Gasteiger partial charge in [-0.25, -0.2) is 0 Å². The van der Waals surface area contributed by atoms with E-state index in [1.807, 2.05) is 43.2 Å². The van der Waals surface area contributed by atoms with E-state index < -0.39 is 11.0 Å². The number of amides is 1. The van der Waals surface area contributed by atoms with Crippen molar-refractivity contribution in [3.05, 3.63) is 39.4 Å². The van der Waals surface area contributed by atoms with Gasteiger partial charge in [-0.15, -0.1) is 0 Å². The molecule has 1 aromatic rings. The monoisotopic (exact) mass is 930 g/mol. The Balaban J connectivity index is 0.000000816. The van der Waals surface area contributed by atoms with Crippen molar-refractivity contribution in [1.29, 1.82) is 0 Å². The molecule has 2 saturated heterocycles. The fourth-order valence-electron chi connectivity index (χ4n) is 5.74. The molecule has 1 amide bonds. The van der Waals surface area contributed by atoms with Gasteiger partial charge in [0.2, 0.25) is 5.91 Å². The molecule has 2 heterocycles. The Morgan fingerprint density at radius 3 is 1.80 bits per heavy atom. The summed E-state index contributed by atoms with van der Waals surface area (Å²) in [5.74, 6) is 4.62. The number of nitrogens with one attached hydrogen (secondary N) is 1. The molecule has 0 aromatic heterocycles. The van der Waals surface area contributed by atoms with Crippen molar-refractivity contribution in [2.75, 3.05) is 113 Å². The molecule has 4 unspecified atom stereocenters. The van der Waals surface area contributed by atoms with Gasteiger partial charge in [-0.2, -0.15) is 0 Å². The fourth-order valence-corrected chi connectivity index (χ4v) is 10.6. The molecule has 0 saturated carbocycles. The third-order valence-electron chi connectivity index (χ3n) is 9.41. The number of nitrogens with zero attached hydrogens (tertiary/aromatic N) is 1. The first-order chi connectivity index (χ1) is 29.2.